The molecule has 1 saturated heterocycles. The average Bonchev–Trinajstić information content (AvgIpc) is 2.63. The van der Waals surface area contributed by atoms with E-state index in [1.54, 1.807) is 31.4 Å². The molecule has 132 valence electrons. The fourth-order valence-corrected chi connectivity index (χ4v) is 3.50. The number of hydrogen-bond donors (Lipinski definition) is 0. The fraction of sp³-hybridized carbons (Fsp3) is 0.316. The molecule has 6 heteroatoms. The summed E-state index contributed by atoms with van der Waals surface area (Å²) in [5.41, 5.74) is 1.33. The maximum Gasteiger partial charge on any atom is 0.253 e. The molecule has 3 rings (SSSR count). The maximum atomic E-state index is 13.8. The van der Waals surface area contributed by atoms with Crippen molar-refractivity contribution in [3.63, 3.8) is 0 Å². The molecule has 2 aromatic rings. The number of carbonyl (C=O) groups is 1. The standard InChI is InChI=1S/C19H20BrFN2O2/c1-25-18-7-6-14(12-16(18)20)19(24)23-10-8-22(9-11-23)13-15-4-2-3-5-17(15)21/h2-7,12H,8-11,13H2,1H3. The van der Waals surface area contributed by atoms with E-state index >= 15 is 0 Å². The third kappa shape index (κ3) is 4.19. The lowest BCUT2D eigenvalue weighted by molar-refractivity contribution is 0.0627. The van der Waals surface area contributed by atoms with E-state index < -0.39 is 0 Å². The number of carbonyl (C=O) groups excluding carboxylic acids is 1. The minimum Gasteiger partial charge on any atom is -0.496 e. The van der Waals surface area contributed by atoms with Gasteiger partial charge in [0.05, 0.1) is 11.6 Å². The van der Waals surface area contributed by atoms with Crippen molar-refractivity contribution in [2.24, 2.45) is 0 Å². The van der Waals surface area contributed by atoms with Crippen molar-refractivity contribution in [1.29, 1.82) is 0 Å². The molecule has 2 aromatic carbocycles. The fourth-order valence-electron chi connectivity index (χ4n) is 2.96. The lowest BCUT2D eigenvalue weighted by atomic mass is 10.1. The van der Waals surface area contributed by atoms with Crippen LogP contribution in [0.25, 0.3) is 0 Å². The zero-order valence-electron chi connectivity index (χ0n) is 14.0. The summed E-state index contributed by atoms with van der Waals surface area (Å²) in [7, 11) is 1.59. The Balaban J connectivity index is 1.59. The minimum absolute atomic E-state index is 0.00824. The molecule has 1 aliphatic heterocycles. The van der Waals surface area contributed by atoms with Gasteiger partial charge in [0, 0.05) is 43.9 Å². The predicted octanol–water partition coefficient (Wildman–Crippen LogP) is 3.55. The van der Waals surface area contributed by atoms with Crippen LogP contribution in [-0.2, 0) is 6.54 Å². The van der Waals surface area contributed by atoms with Crippen molar-refractivity contribution in [2.45, 2.75) is 6.54 Å². The normalized spacial score (nSPS) is 15.2. The van der Waals surface area contributed by atoms with Crippen LogP contribution in [0.1, 0.15) is 15.9 Å². The van der Waals surface area contributed by atoms with E-state index in [-0.39, 0.29) is 11.7 Å². The molecule has 1 amide bonds. The highest BCUT2D eigenvalue weighted by atomic mass is 79.9. The lowest BCUT2D eigenvalue weighted by Gasteiger charge is -2.35. The molecule has 0 spiro atoms. The number of piperazine rings is 1. The molecule has 1 aliphatic rings. The Morgan fingerprint density at radius 3 is 2.52 bits per heavy atom. The molecule has 0 unspecified atom stereocenters. The first-order valence-corrected chi connectivity index (χ1v) is 8.96. The van der Waals surface area contributed by atoms with Crippen LogP contribution in [-0.4, -0.2) is 49.0 Å². The van der Waals surface area contributed by atoms with Gasteiger partial charge in [0.25, 0.3) is 5.91 Å². The highest BCUT2D eigenvalue weighted by Gasteiger charge is 2.23. The van der Waals surface area contributed by atoms with Gasteiger partial charge in [-0.1, -0.05) is 18.2 Å². The maximum absolute atomic E-state index is 13.8. The van der Waals surface area contributed by atoms with E-state index in [4.69, 9.17) is 4.74 Å². The first-order chi connectivity index (χ1) is 12.1. The number of benzene rings is 2. The third-order valence-electron chi connectivity index (χ3n) is 4.41. The Labute approximate surface area is 155 Å². The molecule has 25 heavy (non-hydrogen) atoms. The quantitative estimate of drug-likeness (QED) is 0.777. The number of nitrogens with zero attached hydrogens (tertiary/aromatic N) is 2. The number of halogens is 2. The largest absolute Gasteiger partial charge is 0.496 e. The molecule has 4 nitrogen and oxygen atoms in total. The molecule has 0 aliphatic carbocycles. The summed E-state index contributed by atoms with van der Waals surface area (Å²) in [6, 6.07) is 12.2. The van der Waals surface area contributed by atoms with Crippen molar-refractivity contribution in [1.82, 2.24) is 9.80 Å². The van der Waals surface area contributed by atoms with Crippen LogP contribution in [0, 0.1) is 5.82 Å². The van der Waals surface area contributed by atoms with Crippen LogP contribution in [0.2, 0.25) is 0 Å². The van der Waals surface area contributed by atoms with E-state index in [1.807, 2.05) is 17.0 Å². The topological polar surface area (TPSA) is 32.8 Å². The summed E-state index contributed by atoms with van der Waals surface area (Å²) >= 11 is 3.41. The van der Waals surface area contributed by atoms with Gasteiger partial charge in [-0.2, -0.15) is 0 Å². The summed E-state index contributed by atoms with van der Waals surface area (Å²) in [4.78, 5) is 16.7. The predicted molar refractivity (Wildman–Crippen MR) is 98.3 cm³/mol. The van der Waals surface area contributed by atoms with Gasteiger partial charge in [-0.05, 0) is 40.2 Å². The molecule has 1 fully saturated rings. The Morgan fingerprint density at radius 1 is 1.16 bits per heavy atom. The zero-order valence-corrected chi connectivity index (χ0v) is 15.6. The Kier molecular flexibility index (Phi) is 5.71. The molecular weight excluding hydrogens is 387 g/mol. The van der Waals surface area contributed by atoms with Crippen molar-refractivity contribution in [3.05, 3.63) is 63.9 Å². The second kappa shape index (κ2) is 7.97. The second-order valence-corrected chi connectivity index (χ2v) is 6.86. The number of hydrogen-bond acceptors (Lipinski definition) is 3. The Morgan fingerprint density at radius 2 is 1.88 bits per heavy atom. The van der Waals surface area contributed by atoms with Gasteiger partial charge in [-0.15, -0.1) is 0 Å². The van der Waals surface area contributed by atoms with E-state index in [1.165, 1.54) is 6.07 Å². The molecule has 0 atom stereocenters. The van der Waals surface area contributed by atoms with E-state index in [0.29, 0.717) is 36.5 Å². The molecule has 0 bridgehead atoms. The van der Waals surface area contributed by atoms with Crippen LogP contribution < -0.4 is 4.74 Å². The zero-order chi connectivity index (χ0) is 17.8. The van der Waals surface area contributed by atoms with E-state index in [2.05, 4.69) is 20.8 Å². The van der Waals surface area contributed by atoms with Crippen molar-refractivity contribution in [2.75, 3.05) is 33.3 Å². The van der Waals surface area contributed by atoms with Gasteiger partial charge in [-0.3, -0.25) is 9.69 Å². The second-order valence-electron chi connectivity index (χ2n) is 6.01. The highest BCUT2D eigenvalue weighted by Crippen LogP contribution is 2.26. The number of methoxy groups -OCH3 is 1. The van der Waals surface area contributed by atoms with Crippen molar-refractivity contribution < 1.29 is 13.9 Å². The Hall–Kier alpha value is -1.92. The molecule has 0 radical (unpaired) electrons. The molecule has 1 heterocycles. The highest BCUT2D eigenvalue weighted by molar-refractivity contribution is 9.10. The summed E-state index contributed by atoms with van der Waals surface area (Å²) in [5.74, 6) is 0.532. The Bertz CT molecular complexity index is 761. The molecule has 0 saturated carbocycles. The van der Waals surface area contributed by atoms with Gasteiger partial charge in [-0.25, -0.2) is 4.39 Å². The molecular formula is C19H20BrFN2O2. The monoisotopic (exact) mass is 406 g/mol. The van der Waals surface area contributed by atoms with Crippen molar-refractivity contribution in [3.8, 4) is 5.75 Å². The summed E-state index contributed by atoms with van der Waals surface area (Å²) in [6.07, 6.45) is 0. The van der Waals surface area contributed by atoms with Gasteiger partial charge in [0.1, 0.15) is 11.6 Å². The van der Waals surface area contributed by atoms with E-state index in [0.717, 1.165) is 17.6 Å². The van der Waals surface area contributed by atoms with Gasteiger partial charge < -0.3 is 9.64 Å². The minimum atomic E-state index is -0.177. The number of amides is 1. The molecule has 0 aromatic heterocycles. The van der Waals surface area contributed by atoms with Crippen LogP contribution in [0.5, 0.6) is 5.75 Å². The van der Waals surface area contributed by atoms with E-state index in [9.17, 15) is 9.18 Å². The first-order valence-electron chi connectivity index (χ1n) is 8.17. The molecule has 0 N–H and O–H groups in total. The summed E-state index contributed by atoms with van der Waals surface area (Å²) in [6.45, 7) is 3.31. The van der Waals surface area contributed by atoms with Gasteiger partial charge >= 0.3 is 0 Å². The summed E-state index contributed by atoms with van der Waals surface area (Å²) in [5, 5.41) is 0. The van der Waals surface area contributed by atoms with Gasteiger partial charge in [0.15, 0.2) is 0 Å². The average molecular weight is 407 g/mol. The number of ether oxygens (including phenoxy) is 1. The van der Waals surface area contributed by atoms with Crippen LogP contribution in [0.15, 0.2) is 46.9 Å². The SMILES string of the molecule is COc1ccc(C(=O)N2CCN(Cc3ccccc3F)CC2)cc1Br. The summed E-state index contributed by atoms with van der Waals surface area (Å²) < 4.78 is 19.7. The number of rotatable bonds is 4. The smallest absolute Gasteiger partial charge is 0.253 e. The van der Waals surface area contributed by atoms with Crippen LogP contribution in [0.4, 0.5) is 4.39 Å². The third-order valence-corrected chi connectivity index (χ3v) is 5.03. The van der Waals surface area contributed by atoms with Crippen LogP contribution in [0.3, 0.4) is 0 Å². The van der Waals surface area contributed by atoms with Crippen molar-refractivity contribution >= 4 is 21.8 Å². The first kappa shape index (κ1) is 17.9. The van der Waals surface area contributed by atoms with Crippen LogP contribution >= 0.6 is 15.9 Å². The van der Waals surface area contributed by atoms with Gasteiger partial charge in [0.2, 0.25) is 0 Å². The lowest BCUT2D eigenvalue weighted by Crippen LogP contribution is -2.48.